The average Bonchev–Trinajstić information content (AvgIpc) is 2.75. The minimum Gasteiger partial charge on any atom is -0.493 e. The lowest BCUT2D eigenvalue weighted by Gasteiger charge is -2.28. The third-order valence-corrected chi connectivity index (χ3v) is 4.99. The Morgan fingerprint density at radius 3 is 2.69 bits per heavy atom. The maximum Gasteiger partial charge on any atom is 0.227 e. The van der Waals surface area contributed by atoms with Crippen molar-refractivity contribution in [1.82, 2.24) is 14.9 Å². The van der Waals surface area contributed by atoms with E-state index in [1.54, 1.807) is 26.4 Å². The quantitative estimate of drug-likeness (QED) is 0.684. The van der Waals surface area contributed by atoms with Gasteiger partial charge in [-0.25, -0.2) is 14.4 Å². The van der Waals surface area contributed by atoms with Crippen LogP contribution in [0.4, 0.5) is 16.0 Å². The van der Waals surface area contributed by atoms with E-state index in [1.165, 1.54) is 12.1 Å². The fraction of sp³-hybridized carbons (Fsp3) is 0.273. The van der Waals surface area contributed by atoms with Crippen LogP contribution >= 0.6 is 0 Å². The number of aromatic nitrogens is 2. The molecule has 0 spiro atoms. The lowest BCUT2D eigenvalue weighted by Crippen LogP contribution is -2.31. The predicted octanol–water partition coefficient (Wildman–Crippen LogP) is 3.93. The zero-order chi connectivity index (χ0) is 20.2. The molecule has 1 N–H and O–H groups in total. The molecule has 4 rings (SSSR count). The standard InChI is InChI=1S/C22H23FN4O2/c1-28-20-5-3-4-15(21(20)29-2)13-27-11-10-19-16(14-27)12-24-22(26-19)25-18-8-6-17(23)7-9-18/h3-9,12H,10-11,13-14H2,1-2H3,(H,24,25,26). The lowest BCUT2D eigenvalue weighted by molar-refractivity contribution is 0.238. The number of fused-ring (bicyclic) bond motifs is 1. The number of hydrogen-bond donors (Lipinski definition) is 1. The highest BCUT2D eigenvalue weighted by Gasteiger charge is 2.20. The Hall–Kier alpha value is -3.19. The van der Waals surface area contributed by atoms with Gasteiger partial charge in [0.2, 0.25) is 5.95 Å². The molecule has 6 nitrogen and oxygen atoms in total. The summed E-state index contributed by atoms with van der Waals surface area (Å²) in [5.41, 5.74) is 4.00. The van der Waals surface area contributed by atoms with Gasteiger partial charge in [0.1, 0.15) is 5.82 Å². The van der Waals surface area contributed by atoms with Crippen LogP contribution in [-0.4, -0.2) is 35.6 Å². The van der Waals surface area contributed by atoms with Crippen molar-refractivity contribution < 1.29 is 13.9 Å². The van der Waals surface area contributed by atoms with Crippen molar-refractivity contribution in [3.8, 4) is 11.5 Å². The molecule has 1 aliphatic heterocycles. The fourth-order valence-electron chi connectivity index (χ4n) is 3.55. The first kappa shape index (κ1) is 19.1. The number of nitrogens with zero attached hydrogens (tertiary/aromatic N) is 3. The summed E-state index contributed by atoms with van der Waals surface area (Å²) in [6.07, 6.45) is 2.70. The van der Waals surface area contributed by atoms with Gasteiger partial charge in [0.25, 0.3) is 0 Å². The fourth-order valence-corrected chi connectivity index (χ4v) is 3.55. The summed E-state index contributed by atoms with van der Waals surface area (Å²) in [6.45, 7) is 2.42. The van der Waals surface area contributed by atoms with E-state index in [4.69, 9.17) is 9.47 Å². The van der Waals surface area contributed by atoms with E-state index in [1.807, 2.05) is 18.3 Å². The van der Waals surface area contributed by atoms with Crippen LogP contribution in [0.3, 0.4) is 0 Å². The smallest absolute Gasteiger partial charge is 0.227 e. The normalized spacial score (nSPS) is 13.6. The Kier molecular flexibility index (Phi) is 5.57. The minimum absolute atomic E-state index is 0.269. The zero-order valence-electron chi connectivity index (χ0n) is 16.5. The topological polar surface area (TPSA) is 59.5 Å². The number of halogens is 1. The Balaban J connectivity index is 1.46. The molecule has 3 aromatic rings. The van der Waals surface area contributed by atoms with Gasteiger partial charge in [0.05, 0.1) is 19.9 Å². The first-order valence-electron chi connectivity index (χ1n) is 9.46. The number of methoxy groups -OCH3 is 2. The highest BCUT2D eigenvalue weighted by molar-refractivity contribution is 5.53. The second kappa shape index (κ2) is 8.45. The highest BCUT2D eigenvalue weighted by atomic mass is 19.1. The van der Waals surface area contributed by atoms with Gasteiger partial charge in [-0.3, -0.25) is 4.90 Å². The third-order valence-electron chi connectivity index (χ3n) is 4.99. The maximum atomic E-state index is 13.1. The van der Waals surface area contributed by atoms with Crippen molar-refractivity contribution in [2.24, 2.45) is 0 Å². The van der Waals surface area contributed by atoms with Crippen LogP contribution in [0.5, 0.6) is 11.5 Å². The number of nitrogens with one attached hydrogen (secondary N) is 1. The maximum absolute atomic E-state index is 13.1. The molecule has 7 heteroatoms. The Morgan fingerprint density at radius 1 is 1.10 bits per heavy atom. The number of ether oxygens (including phenoxy) is 2. The monoisotopic (exact) mass is 394 g/mol. The van der Waals surface area contributed by atoms with Gasteiger partial charge in [-0.15, -0.1) is 0 Å². The molecular formula is C22H23FN4O2. The average molecular weight is 394 g/mol. The Morgan fingerprint density at radius 2 is 1.93 bits per heavy atom. The number of hydrogen-bond acceptors (Lipinski definition) is 6. The van der Waals surface area contributed by atoms with Crippen LogP contribution in [0.1, 0.15) is 16.8 Å². The lowest BCUT2D eigenvalue weighted by atomic mass is 10.1. The molecule has 0 fully saturated rings. The van der Waals surface area contributed by atoms with Crippen molar-refractivity contribution in [2.45, 2.75) is 19.5 Å². The summed E-state index contributed by atoms with van der Waals surface area (Å²) in [4.78, 5) is 11.4. The SMILES string of the molecule is COc1cccc(CN2CCc3nc(Nc4ccc(F)cc4)ncc3C2)c1OC. The molecule has 0 atom stereocenters. The summed E-state index contributed by atoms with van der Waals surface area (Å²) in [5.74, 6) is 1.77. The largest absolute Gasteiger partial charge is 0.493 e. The molecule has 1 aromatic heterocycles. The summed E-state index contributed by atoms with van der Waals surface area (Å²) < 4.78 is 24.0. The van der Waals surface area contributed by atoms with E-state index >= 15 is 0 Å². The molecular weight excluding hydrogens is 371 g/mol. The second-order valence-corrected chi connectivity index (χ2v) is 6.91. The third kappa shape index (κ3) is 4.30. The number of anilines is 2. The van der Waals surface area contributed by atoms with Crippen molar-refractivity contribution in [2.75, 3.05) is 26.1 Å². The molecule has 150 valence electrons. The van der Waals surface area contributed by atoms with E-state index in [9.17, 15) is 4.39 Å². The van der Waals surface area contributed by atoms with Crippen LogP contribution in [0.2, 0.25) is 0 Å². The summed E-state index contributed by atoms with van der Waals surface area (Å²) in [7, 11) is 3.31. The highest BCUT2D eigenvalue weighted by Crippen LogP contribution is 2.32. The number of para-hydroxylation sites is 1. The van der Waals surface area contributed by atoms with Crippen LogP contribution in [0.15, 0.2) is 48.7 Å². The molecule has 1 aliphatic rings. The van der Waals surface area contributed by atoms with Crippen LogP contribution in [-0.2, 0) is 19.5 Å². The molecule has 0 saturated heterocycles. The van der Waals surface area contributed by atoms with Crippen molar-refractivity contribution in [3.63, 3.8) is 0 Å². The molecule has 0 saturated carbocycles. The van der Waals surface area contributed by atoms with Crippen LogP contribution in [0.25, 0.3) is 0 Å². The Labute approximate surface area is 169 Å². The van der Waals surface area contributed by atoms with Gasteiger partial charge in [-0.05, 0) is 30.3 Å². The molecule has 29 heavy (non-hydrogen) atoms. The molecule has 0 bridgehead atoms. The summed E-state index contributed by atoms with van der Waals surface area (Å²) in [5, 5.41) is 3.13. The first-order chi connectivity index (χ1) is 14.2. The first-order valence-corrected chi connectivity index (χ1v) is 9.46. The van der Waals surface area contributed by atoms with E-state index in [2.05, 4.69) is 26.3 Å². The Bertz CT molecular complexity index is 995. The summed E-state index contributed by atoms with van der Waals surface area (Å²) >= 11 is 0. The van der Waals surface area contributed by atoms with Crippen molar-refractivity contribution in [3.05, 3.63) is 71.3 Å². The van der Waals surface area contributed by atoms with Crippen LogP contribution < -0.4 is 14.8 Å². The molecule has 0 radical (unpaired) electrons. The molecule has 0 amide bonds. The van der Waals surface area contributed by atoms with E-state index in [0.717, 1.165) is 60.1 Å². The van der Waals surface area contributed by atoms with Gasteiger partial charge < -0.3 is 14.8 Å². The van der Waals surface area contributed by atoms with Crippen molar-refractivity contribution in [1.29, 1.82) is 0 Å². The molecule has 0 unspecified atom stereocenters. The summed E-state index contributed by atoms with van der Waals surface area (Å²) in [6, 6.07) is 12.1. The van der Waals surface area contributed by atoms with Crippen molar-refractivity contribution >= 4 is 11.6 Å². The van der Waals surface area contributed by atoms with Gasteiger partial charge in [-0.2, -0.15) is 0 Å². The second-order valence-electron chi connectivity index (χ2n) is 6.91. The van der Waals surface area contributed by atoms with Gasteiger partial charge >= 0.3 is 0 Å². The van der Waals surface area contributed by atoms with Gasteiger partial charge in [-0.1, -0.05) is 12.1 Å². The number of rotatable bonds is 6. The van der Waals surface area contributed by atoms with Crippen LogP contribution in [0, 0.1) is 5.82 Å². The van der Waals surface area contributed by atoms with E-state index in [-0.39, 0.29) is 5.82 Å². The van der Waals surface area contributed by atoms with Gasteiger partial charge in [0.15, 0.2) is 11.5 Å². The minimum atomic E-state index is -0.269. The zero-order valence-corrected chi connectivity index (χ0v) is 16.5. The predicted molar refractivity (Wildman–Crippen MR) is 109 cm³/mol. The molecule has 0 aliphatic carbocycles. The molecule has 2 aromatic carbocycles. The van der Waals surface area contributed by atoms with Gasteiger partial charge in [0, 0.05) is 49.1 Å². The number of benzene rings is 2. The van der Waals surface area contributed by atoms with E-state index < -0.39 is 0 Å². The molecule has 2 heterocycles. The van der Waals surface area contributed by atoms with E-state index in [0.29, 0.717) is 5.95 Å².